The number of rotatable bonds is 5. The zero-order chi connectivity index (χ0) is 18.7. The van der Waals surface area contributed by atoms with Crippen molar-refractivity contribution in [3.05, 3.63) is 12.4 Å². The summed E-state index contributed by atoms with van der Waals surface area (Å²) in [5.74, 6) is 1.23. The molecular weight excluding hydrogens is 336 g/mol. The topological polar surface area (TPSA) is 87.6 Å². The minimum Gasteiger partial charge on any atom is -0.465 e. The number of amides is 1. The van der Waals surface area contributed by atoms with Crippen LogP contribution in [0, 0.1) is 5.92 Å². The number of carbonyl (C=O) groups is 1. The summed E-state index contributed by atoms with van der Waals surface area (Å²) in [5, 5.41) is 11.2. The molecule has 0 spiro atoms. The van der Waals surface area contributed by atoms with Crippen molar-refractivity contribution in [2.45, 2.75) is 51.7 Å². The summed E-state index contributed by atoms with van der Waals surface area (Å²) in [7, 11) is -1.68. The predicted octanol–water partition coefficient (Wildman–Crippen LogP) is 3.80. The van der Waals surface area contributed by atoms with Gasteiger partial charge in [-0.1, -0.05) is 20.8 Å². The molecule has 140 valence electrons. The lowest BCUT2D eigenvalue weighted by Crippen LogP contribution is -2.43. The number of aromatic nitrogens is 2. The summed E-state index contributed by atoms with van der Waals surface area (Å²) in [5.41, 5.74) is 0.383. The lowest BCUT2D eigenvalue weighted by molar-refractivity contribution is 0.205. The van der Waals surface area contributed by atoms with Gasteiger partial charge in [0, 0.05) is 19.7 Å². The van der Waals surface area contributed by atoms with Crippen LogP contribution < -0.4 is 10.2 Å². The first-order valence-corrected chi connectivity index (χ1v) is 11.7. The second-order valence-electron chi connectivity index (χ2n) is 8.20. The molecule has 0 aliphatic carbocycles. The van der Waals surface area contributed by atoms with Crippen molar-refractivity contribution in [3.8, 4) is 0 Å². The Morgan fingerprint density at radius 2 is 1.88 bits per heavy atom. The van der Waals surface area contributed by atoms with Crippen molar-refractivity contribution in [3.63, 3.8) is 0 Å². The zero-order valence-corrected chi connectivity index (χ0v) is 16.9. The number of nitrogens with one attached hydrogen (secondary N) is 1. The molecule has 0 saturated carbocycles. The van der Waals surface area contributed by atoms with E-state index in [1.807, 2.05) is 0 Å². The molecule has 1 aliphatic rings. The highest BCUT2D eigenvalue weighted by Gasteiger charge is 2.37. The third-order valence-corrected chi connectivity index (χ3v) is 9.77. The molecule has 1 fully saturated rings. The summed E-state index contributed by atoms with van der Waals surface area (Å²) >= 11 is 0. The maximum atomic E-state index is 10.6. The minimum atomic E-state index is -1.68. The van der Waals surface area contributed by atoms with E-state index in [9.17, 15) is 4.79 Å². The van der Waals surface area contributed by atoms with Crippen molar-refractivity contribution >= 4 is 26.0 Å². The normalized spacial score (nSPS) is 16.8. The molecule has 2 rings (SSSR count). The first kappa shape index (κ1) is 19.6. The molecule has 1 amide bonds. The molecule has 25 heavy (non-hydrogen) atoms. The second-order valence-corrected chi connectivity index (χ2v) is 13.0. The fourth-order valence-corrected chi connectivity index (χ4v) is 3.60. The largest absolute Gasteiger partial charge is 0.465 e. The van der Waals surface area contributed by atoms with Crippen LogP contribution in [0.15, 0.2) is 12.4 Å². The van der Waals surface area contributed by atoms with Gasteiger partial charge in [0.15, 0.2) is 8.32 Å². The Kier molecular flexibility index (Phi) is 6.05. The Morgan fingerprint density at radius 3 is 2.36 bits per heavy atom. The van der Waals surface area contributed by atoms with Gasteiger partial charge in [-0.05, 0) is 36.9 Å². The van der Waals surface area contributed by atoms with E-state index in [1.54, 1.807) is 0 Å². The van der Waals surface area contributed by atoms with Gasteiger partial charge in [-0.3, -0.25) is 5.32 Å². The van der Waals surface area contributed by atoms with Crippen LogP contribution in [0.3, 0.4) is 0 Å². The fourth-order valence-electron chi connectivity index (χ4n) is 2.51. The van der Waals surface area contributed by atoms with E-state index in [-0.39, 0.29) is 5.04 Å². The van der Waals surface area contributed by atoms with Gasteiger partial charge in [0.2, 0.25) is 5.95 Å². The van der Waals surface area contributed by atoms with E-state index in [2.05, 4.69) is 54.0 Å². The highest BCUT2D eigenvalue weighted by molar-refractivity contribution is 6.74. The Bertz CT molecular complexity index is 579. The minimum absolute atomic E-state index is 0.243. The van der Waals surface area contributed by atoms with E-state index in [1.165, 1.54) is 12.4 Å². The smallest absolute Gasteiger partial charge is 0.409 e. The fraction of sp³-hybridized carbons (Fsp3) is 0.706. The van der Waals surface area contributed by atoms with E-state index < -0.39 is 14.4 Å². The lowest BCUT2D eigenvalue weighted by Gasteiger charge is -2.39. The first-order valence-electron chi connectivity index (χ1n) is 8.79. The van der Waals surface area contributed by atoms with Crippen LogP contribution in [0.4, 0.5) is 16.4 Å². The summed E-state index contributed by atoms with van der Waals surface area (Å²) in [4.78, 5) is 21.3. The maximum Gasteiger partial charge on any atom is 0.409 e. The van der Waals surface area contributed by atoms with Crippen LogP contribution in [0.2, 0.25) is 18.1 Å². The Hall–Kier alpha value is -1.67. The van der Waals surface area contributed by atoms with Crippen molar-refractivity contribution in [1.82, 2.24) is 9.97 Å². The van der Waals surface area contributed by atoms with Crippen molar-refractivity contribution in [1.29, 1.82) is 0 Å². The molecule has 1 aromatic rings. The van der Waals surface area contributed by atoms with Crippen LogP contribution >= 0.6 is 0 Å². The Balaban J connectivity index is 1.82. The molecule has 1 aromatic heterocycles. The van der Waals surface area contributed by atoms with Crippen molar-refractivity contribution in [2.24, 2.45) is 5.92 Å². The quantitative estimate of drug-likeness (QED) is 0.771. The van der Waals surface area contributed by atoms with E-state index >= 15 is 0 Å². The first-order chi connectivity index (χ1) is 11.6. The number of anilines is 2. The van der Waals surface area contributed by atoms with Gasteiger partial charge in [0.25, 0.3) is 0 Å². The van der Waals surface area contributed by atoms with Crippen LogP contribution in [-0.4, -0.2) is 49.2 Å². The van der Waals surface area contributed by atoms with Crippen LogP contribution in [0.1, 0.15) is 33.6 Å². The SMILES string of the molecule is CC(C)(C)[Si](C)(C)OCC1CCN(c2ncc(NC(=O)O)cn2)CC1. The summed E-state index contributed by atoms with van der Waals surface area (Å²) in [6, 6.07) is 0. The van der Waals surface area contributed by atoms with Gasteiger partial charge < -0.3 is 14.4 Å². The molecule has 2 heterocycles. The van der Waals surface area contributed by atoms with Crippen LogP contribution in [0.5, 0.6) is 0 Å². The highest BCUT2D eigenvalue weighted by atomic mass is 28.4. The van der Waals surface area contributed by atoms with Gasteiger partial charge in [-0.2, -0.15) is 0 Å². The Labute approximate surface area is 150 Å². The second kappa shape index (κ2) is 7.70. The molecule has 0 unspecified atom stereocenters. The van der Waals surface area contributed by atoms with Crippen LogP contribution in [0.25, 0.3) is 0 Å². The third-order valence-electron chi connectivity index (χ3n) is 5.27. The zero-order valence-electron chi connectivity index (χ0n) is 15.9. The molecule has 7 nitrogen and oxygen atoms in total. The van der Waals surface area contributed by atoms with Gasteiger partial charge in [-0.15, -0.1) is 0 Å². The van der Waals surface area contributed by atoms with Crippen LogP contribution in [-0.2, 0) is 4.43 Å². The predicted molar refractivity (Wildman–Crippen MR) is 102 cm³/mol. The maximum absolute atomic E-state index is 10.6. The van der Waals surface area contributed by atoms with E-state index in [0.29, 0.717) is 17.6 Å². The standard InChI is InChI=1S/C17H30N4O3Si/c1-17(2,3)25(4,5)24-12-13-6-8-21(9-7-13)15-18-10-14(11-19-15)20-16(22)23/h10-11,13,20H,6-9,12H2,1-5H3,(H,22,23). The lowest BCUT2D eigenvalue weighted by atomic mass is 9.98. The average Bonchev–Trinajstić information content (AvgIpc) is 2.53. The molecule has 1 aliphatic heterocycles. The van der Waals surface area contributed by atoms with Gasteiger partial charge in [-0.25, -0.2) is 14.8 Å². The van der Waals surface area contributed by atoms with Gasteiger partial charge in [0.05, 0.1) is 18.1 Å². The molecule has 8 heteroatoms. The number of carboxylic acid groups (broad SMARTS) is 1. The number of hydrogen-bond donors (Lipinski definition) is 2. The number of hydrogen-bond acceptors (Lipinski definition) is 5. The van der Waals surface area contributed by atoms with Crippen molar-refractivity contribution in [2.75, 3.05) is 29.9 Å². The molecule has 0 aromatic carbocycles. The number of piperidine rings is 1. The molecule has 2 N–H and O–H groups in total. The highest BCUT2D eigenvalue weighted by Crippen LogP contribution is 2.37. The molecule has 0 bridgehead atoms. The molecular formula is C17H30N4O3Si. The molecule has 0 atom stereocenters. The van der Waals surface area contributed by atoms with Gasteiger partial charge >= 0.3 is 6.09 Å². The summed E-state index contributed by atoms with van der Waals surface area (Å²) in [6.45, 7) is 14.0. The van der Waals surface area contributed by atoms with E-state index in [4.69, 9.17) is 9.53 Å². The average molecular weight is 367 g/mol. The third kappa shape index (κ3) is 5.40. The molecule has 0 radical (unpaired) electrons. The van der Waals surface area contributed by atoms with Crippen molar-refractivity contribution < 1.29 is 14.3 Å². The monoisotopic (exact) mass is 366 g/mol. The number of nitrogens with zero attached hydrogens (tertiary/aromatic N) is 3. The van der Waals surface area contributed by atoms with E-state index in [0.717, 1.165) is 32.5 Å². The molecule has 1 saturated heterocycles. The summed E-state index contributed by atoms with van der Waals surface area (Å²) in [6.07, 6.45) is 4.02. The van der Waals surface area contributed by atoms with Gasteiger partial charge in [0.1, 0.15) is 0 Å². The Morgan fingerprint density at radius 1 is 1.32 bits per heavy atom. The summed E-state index contributed by atoms with van der Waals surface area (Å²) < 4.78 is 6.35.